The van der Waals surface area contributed by atoms with Crippen molar-refractivity contribution in [3.63, 3.8) is 0 Å². The van der Waals surface area contributed by atoms with Gasteiger partial charge in [-0.2, -0.15) is 0 Å². The third kappa shape index (κ3) is 5.01. The molecule has 1 aliphatic heterocycles. The Bertz CT molecular complexity index is 1030. The topological polar surface area (TPSA) is 48.5 Å². The number of amides is 1. The number of aryl methyl sites for hydroxylation is 1. The van der Waals surface area contributed by atoms with Crippen LogP contribution in [-0.4, -0.2) is 49.0 Å². The van der Waals surface area contributed by atoms with E-state index in [1.807, 2.05) is 23.6 Å². The zero-order chi connectivity index (χ0) is 21.1. The van der Waals surface area contributed by atoms with Crippen molar-refractivity contribution in [2.24, 2.45) is 0 Å². The first kappa shape index (κ1) is 20.8. The summed E-state index contributed by atoms with van der Waals surface area (Å²) in [7, 11) is 2.13. The molecular formula is C23H25ClN4OS. The Morgan fingerprint density at radius 1 is 1.13 bits per heavy atom. The lowest BCUT2D eigenvalue weighted by Gasteiger charge is -2.35. The molecule has 0 aliphatic carbocycles. The monoisotopic (exact) mass is 440 g/mol. The number of benzene rings is 2. The molecule has 0 bridgehead atoms. The van der Waals surface area contributed by atoms with Gasteiger partial charge in [0.1, 0.15) is 5.01 Å². The van der Waals surface area contributed by atoms with Crippen molar-refractivity contribution in [1.82, 2.24) is 9.88 Å². The maximum atomic E-state index is 12.8. The molecule has 2 heterocycles. The number of nitrogens with zero attached hydrogens (tertiary/aromatic N) is 3. The number of nitrogens with one attached hydrogen (secondary N) is 1. The fraction of sp³-hybridized carbons (Fsp3) is 0.304. The van der Waals surface area contributed by atoms with Crippen LogP contribution in [0.25, 0.3) is 10.6 Å². The SMILES string of the molecule is Cc1ccc(-c2nc(CC(=O)Nc3cc(Cl)ccc3N3CCN(C)CC3)cs2)cc1. The van der Waals surface area contributed by atoms with Gasteiger partial charge in [-0.3, -0.25) is 4.79 Å². The molecule has 1 aromatic heterocycles. The molecule has 0 atom stereocenters. The molecule has 1 amide bonds. The highest BCUT2D eigenvalue weighted by molar-refractivity contribution is 7.13. The first-order valence-corrected chi connectivity index (χ1v) is 11.3. The number of aromatic nitrogens is 1. The van der Waals surface area contributed by atoms with Crippen LogP contribution < -0.4 is 10.2 Å². The van der Waals surface area contributed by atoms with Crippen molar-refractivity contribution >= 4 is 40.2 Å². The van der Waals surface area contributed by atoms with E-state index in [0.29, 0.717) is 5.02 Å². The molecule has 1 N–H and O–H groups in total. The molecular weight excluding hydrogens is 416 g/mol. The molecule has 30 heavy (non-hydrogen) atoms. The highest BCUT2D eigenvalue weighted by atomic mass is 35.5. The van der Waals surface area contributed by atoms with E-state index < -0.39 is 0 Å². The fourth-order valence-electron chi connectivity index (χ4n) is 3.51. The molecule has 0 unspecified atom stereocenters. The summed E-state index contributed by atoms with van der Waals surface area (Å²) in [5, 5.41) is 6.54. The van der Waals surface area contributed by atoms with Crippen LogP contribution in [0.5, 0.6) is 0 Å². The molecule has 3 aromatic rings. The smallest absolute Gasteiger partial charge is 0.230 e. The van der Waals surface area contributed by atoms with E-state index >= 15 is 0 Å². The molecule has 4 rings (SSSR count). The van der Waals surface area contributed by atoms with Crippen LogP contribution in [0.4, 0.5) is 11.4 Å². The summed E-state index contributed by atoms with van der Waals surface area (Å²) in [4.78, 5) is 22.0. The number of halogens is 1. The van der Waals surface area contributed by atoms with Crippen LogP contribution in [0.3, 0.4) is 0 Å². The molecule has 0 radical (unpaired) electrons. The van der Waals surface area contributed by atoms with Gasteiger partial charge in [-0.25, -0.2) is 4.98 Å². The zero-order valence-electron chi connectivity index (χ0n) is 17.2. The highest BCUT2D eigenvalue weighted by Crippen LogP contribution is 2.30. The minimum atomic E-state index is -0.0894. The number of hydrogen-bond donors (Lipinski definition) is 1. The van der Waals surface area contributed by atoms with Gasteiger partial charge in [-0.1, -0.05) is 41.4 Å². The maximum Gasteiger partial charge on any atom is 0.230 e. The van der Waals surface area contributed by atoms with Crippen LogP contribution >= 0.6 is 22.9 Å². The summed E-state index contributed by atoms with van der Waals surface area (Å²) in [6.45, 7) is 5.90. The van der Waals surface area contributed by atoms with E-state index in [1.54, 1.807) is 11.3 Å². The number of hydrogen-bond acceptors (Lipinski definition) is 5. The summed E-state index contributed by atoms with van der Waals surface area (Å²) in [5.41, 5.74) is 4.83. The molecule has 2 aromatic carbocycles. The molecule has 1 aliphatic rings. The lowest BCUT2D eigenvalue weighted by Crippen LogP contribution is -2.44. The van der Waals surface area contributed by atoms with Gasteiger partial charge in [-0.05, 0) is 32.2 Å². The molecule has 0 saturated carbocycles. The maximum absolute atomic E-state index is 12.8. The number of carbonyl (C=O) groups is 1. The van der Waals surface area contributed by atoms with Crippen LogP contribution in [0.15, 0.2) is 47.8 Å². The van der Waals surface area contributed by atoms with Gasteiger partial charge in [0, 0.05) is 42.1 Å². The summed E-state index contributed by atoms with van der Waals surface area (Å²) in [6.07, 6.45) is 0.233. The van der Waals surface area contributed by atoms with Gasteiger partial charge in [0.05, 0.1) is 23.5 Å². The van der Waals surface area contributed by atoms with Crippen LogP contribution in [0, 0.1) is 6.92 Å². The second-order valence-electron chi connectivity index (χ2n) is 7.69. The quantitative estimate of drug-likeness (QED) is 0.624. The first-order chi connectivity index (χ1) is 14.5. The summed E-state index contributed by atoms with van der Waals surface area (Å²) in [5.74, 6) is -0.0894. The van der Waals surface area contributed by atoms with Crippen molar-refractivity contribution in [3.05, 3.63) is 64.1 Å². The molecule has 5 nitrogen and oxygen atoms in total. The summed E-state index contributed by atoms with van der Waals surface area (Å²) >= 11 is 7.78. The van der Waals surface area contributed by atoms with Crippen LogP contribution in [0.2, 0.25) is 5.02 Å². The van der Waals surface area contributed by atoms with Crippen molar-refractivity contribution in [3.8, 4) is 10.6 Å². The molecule has 7 heteroatoms. The highest BCUT2D eigenvalue weighted by Gasteiger charge is 2.19. The Labute approximate surface area is 186 Å². The Hall–Kier alpha value is -2.41. The lowest BCUT2D eigenvalue weighted by molar-refractivity contribution is -0.115. The number of anilines is 2. The fourth-order valence-corrected chi connectivity index (χ4v) is 4.51. The van der Waals surface area contributed by atoms with E-state index in [2.05, 4.69) is 58.3 Å². The van der Waals surface area contributed by atoms with Gasteiger partial charge < -0.3 is 15.1 Å². The van der Waals surface area contributed by atoms with Gasteiger partial charge in [0.15, 0.2) is 0 Å². The molecule has 1 fully saturated rings. The third-order valence-electron chi connectivity index (χ3n) is 5.27. The minimum Gasteiger partial charge on any atom is -0.367 e. The normalized spacial score (nSPS) is 14.7. The van der Waals surface area contributed by atoms with Crippen molar-refractivity contribution in [1.29, 1.82) is 0 Å². The van der Waals surface area contributed by atoms with Crippen molar-refractivity contribution in [2.75, 3.05) is 43.4 Å². The van der Waals surface area contributed by atoms with E-state index in [-0.39, 0.29) is 12.3 Å². The Kier molecular flexibility index (Phi) is 6.37. The largest absolute Gasteiger partial charge is 0.367 e. The van der Waals surface area contributed by atoms with Crippen molar-refractivity contribution in [2.45, 2.75) is 13.3 Å². The van der Waals surface area contributed by atoms with Crippen LogP contribution in [-0.2, 0) is 11.2 Å². The molecule has 0 spiro atoms. The molecule has 1 saturated heterocycles. The van der Waals surface area contributed by atoms with Gasteiger partial charge in [0.2, 0.25) is 5.91 Å². The standard InChI is InChI=1S/C23H25ClN4OS/c1-16-3-5-17(6-4-16)23-25-19(15-30-23)14-22(29)26-20-13-18(24)7-8-21(20)28-11-9-27(2)10-12-28/h3-8,13,15H,9-12,14H2,1-2H3,(H,26,29). The average Bonchev–Trinajstić information content (AvgIpc) is 3.18. The van der Waals surface area contributed by atoms with Gasteiger partial charge in [-0.15, -0.1) is 11.3 Å². The number of piperazine rings is 1. The van der Waals surface area contributed by atoms with Gasteiger partial charge >= 0.3 is 0 Å². The van der Waals surface area contributed by atoms with E-state index in [1.165, 1.54) is 5.56 Å². The van der Waals surface area contributed by atoms with Crippen molar-refractivity contribution < 1.29 is 4.79 Å². The van der Waals surface area contributed by atoms with E-state index in [4.69, 9.17) is 11.6 Å². The number of likely N-dealkylation sites (N-methyl/N-ethyl adjacent to an activating group) is 1. The van der Waals surface area contributed by atoms with E-state index in [0.717, 1.165) is 53.8 Å². The number of rotatable bonds is 5. The Morgan fingerprint density at radius 2 is 1.87 bits per heavy atom. The predicted octanol–water partition coefficient (Wildman–Crippen LogP) is 4.70. The second-order valence-corrected chi connectivity index (χ2v) is 8.98. The summed E-state index contributed by atoms with van der Waals surface area (Å²) < 4.78 is 0. The number of thiazole rings is 1. The third-order valence-corrected chi connectivity index (χ3v) is 6.44. The first-order valence-electron chi connectivity index (χ1n) is 10.0. The van der Waals surface area contributed by atoms with Gasteiger partial charge in [0.25, 0.3) is 0 Å². The average molecular weight is 441 g/mol. The molecule has 156 valence electrons. The zero-order valence-corrected chi connectivity index (χ0v) is 18.8. The Morgan fingerprint density at radius 3 is 2.60 bits per heavy atom. The predicted molar refractivity (Wildman–Crippen MR) is 126 cm³/mol. The number of carbonyl (C=O) groups excluding carboxylic acids is 1. The van der Waals surface area contributed by atoms with Crippen LogP contribution in [0.1, 0.15) is 11.3 Å². The Balaban J connectivity index is 1.45. The lowest BCUT2D eigenvalue weighted by atomic mass is 10.2. The summed E-state index contributed by atoms with van der Waals surface area (Å²) in [6, 6.07) is 14.0. The minimum absolute atomic E-state index is 0.0894. The second kappa shape index (κ2) is 9.16. The van der Waals surface area contributed by atoms with E-state index in [9.17, 15) is 4.79 Å².